The van der Waals surface area contributed by atoms with Crippen LogP contribution in [0.2, 0.25) is 0 Å². The van der Waals surface area contributed by atoms with Gasteiger partial charge in [-0.1, -0.05) is 0 Å². The first-order chi connectivity index (χ1) is 23.5. The molecule has 9 rings (SSSR count). The average Bonchev–Trinajstić information content (AvgIpc) is 3.62. The van der Waals surface area contributed by atoms with Gasteiger partial charge in [-0.2, -0.15) is 20.0 Å². The molecule has 0 radical (unpaired) electrons. The minimum Gasteiger partial charge on any atom is -0.497 e. The number of hydrogen-bond donors (Lipinski definition) is 0. The molecule has 12 heteroatoms. The molecule has 3 aliphatic rings. The lowest BCUT2D eigenvalue weighted by Gasteiger charge is -2.32. The number of amidine groups is 1. The first-order valence-corrected chi connectivity index (χ1v) is 15.0. The third kappa shape index (κ3) is 3.98. The van der Waals surface area contributed by atoms with Crippen molar-refractivity contribution in [1.29, 1.82) is 0 Å². The van der Waals surface area contributed by atoms with Gasteiger partial charge in [0.25, 0.3) is 0 Å². The van der Waals surface area contributed by atoms with Crippen molar-refractivity contribution in [1.82, 2.24) is 14.0 Å². The van der Waals surface area contributed by atoms with Gasteiger partial charge in [0, 0.05) is 33.7 Å². The van der Waals surface area contributed by atoms with E-state index in [1.165, 1.54) is 12.2 Å². The monoisotopic (exact) mass is 639 g/mol. The van der Waals surface area contributed by atoms with Gasteiger partial charge in [0.15, 0.2) is 0 Å². The van der Waals surface area contributed by atoms with Gasteiger partial charge in [0.05, 0.1) is 50.5 Å². The summed E-state index contributed by atoms with van der Waals surface area (Å²) in [5.74, 6) is 3.89. The Labute approximate surface area is 272 Å². The maximum Gasteiger partial charge on any atom is 0.243 e. The van der Waals surface area contributed by atoms with Gasteiger partial charge < -0.3 is 18.9 Å². The molecular weight excluding hydrogens is 613 g/mol. The predicted octanol–water partition coefficient (Wildman–Crippen LogP) is 6.84. The average molecular weight is 640 g/mol. The summed E-state index contributed by atoms with van der Waals surface area (Å²) in [5, 5.41) is 3.68. The molecule has 0 bridgehead atoms. The van der Waals surface area contributed by atoms with Crippen LogP contribution in [0, 0.1) is 0 Å². The summed E-state index contributed by atoms with van der Waals surface area (Å²) >= 11 is 0. The maximum atomic E-state index is 15.3. The van der Waals surface area contributed by atoms with Gasteiger partial charge in [0.1, 0.15) is 40.5 Å². The molecule has 5 heterocycles. The number of ether oxygens (including phenoxy) is 4. The zero-order chi connectivity index (χ0) is 32.7. The van der Waals surface area contributed by atoms with Crippen LogP contribution >= 0.6 is 0 Å². The molecular formula is C36H26FN7O4. The van der Waals surface area contributed by atoms with Crippen molar-refractivity contribution in [2.24, 2.45) is 20.0 Å². The second kappa shape index (κ2) is 10.3. The van der Waals surface area contributed by atoms with Gasteiger partial charge in [0.2, 0.25) is 17.9 Å². The molecule has 0 saturated heterocycles. The number of methoxy groups -OCH3 is 4. The van der Waals surface area contributed by atoms with Crippen molar-refractivity contribution in [2.75, 3.05) is 28.4 Å². The number of allylic oxidation sites excluding steroid dienone is 2. The van der Waals surface area contributed by atoms with Crippen LogP contribution in [0.5, 0.6) is 23.0 Å². The summed E-state index contributed by atoms with van der Waals surface area (Å²) in [4.78, 5) is 21.3. The van der Waals surface area contributed by atoms with Crippen LogP contribution in [0.4, 0.5) is 4.39 Å². The van der Waals surface area contributed by atoms with Crippen molar-refractivity contribution in [3.8, 4) is 23.0 Å². The lowest BCUT2D eigenvalue weighted by Crippen LogP contribution is -2.43. The molecule has 0 unspecified atom stereocenters. The Hall–Kier alpha value is -6.43. The molecule has 0 saturated carbocycles. The SMILES string of the molecule is COc1ccc2c(c1)c1cc(OC)ccc1n2C1=NC2=CC(F)=CC3=NC(n4c5ccc(OC)cc5c5cc(OC)ccc54)=NC(=N1)N23. The van der Waals surface area contributed by atoms with E-state index in [9.17, 15) is 0 Å². The topological polar surface area (TPSA) is 99.5 Å². The minimum absolute atomic E-state index is 0.295. The van der Waals surface area contributed by atoms with Gasteiger partial charge in [-0.25, -0.2) is 9.29 Å². The highest BCUT2D eigenvalue weighted by Crippen LogP contribution is 2.38. The minimum atomic E-state index is -0.487. The Bertz CT molecular complexity index is 2340. The first kappa shape index (κ1) is 27.8. The van der Waals surface area contributed by atoms with E-state index in [0.717, 1.165) is 43.6 Å². The van der Waals surface area contributed by atoms with Crippen LogP contribution in [-0.2, 0) is 0 Å². The maximum absolute atomic E-state index is 15.3. The van der Waals surface area contributed by atoms with Crippen LogP contribution in [0.15, 0.2) is 117 Å². The highest BCUT2D eigenvalue weighted by atomic mass is 19.1. The summed E-state index contributed by atoms with van der Waals surface area (Å²) in [5.41, 5.74) is 3.34. The van der Waals surface area contributed by atoms with Crippen LogP contribution in [0.1, 0.15) is 0 Å². The Morgan fingerprint density at radius 2 is 0.875 bits per heavy atom. The number of aromatic nitrogens is 2. The Morgan fingerprint density at radius 1 is 0.479 bits per heavy atom. The summed E-state index contributed by atoms with van der Waals surface area (Å²) < 4.78 is 41.3. The lowest BCUT2D eigenvalue weighted by molar-refractivity contribution is 0.415. The second-order valence-corrected chi connectivity index (χ2v) is 11.3. The fourth-order valence-corrected chi connectivity index (χ4v) is 6.56. The number of guanidine groups is 1. The normalized spacial score (nSPS) is 15.5. The zero-order valence-electron chi connectivity index (χ0n) is 26.2. The molecule has 0 aliphatic carbocycles. The van der Waals surface area contributed by atoms with Gasteiger partial charge >= 0.3 is 0 Å². The summed E-state index contributed by atoms with van der Waals surface area (Å²) in [7, 11) is 6.52. The van der Waals surface area contributed by atoms with E-state index in [4.69, 9.17) is 38.9 Å². The largest absolute Gasteiger partial charge is 0.497 e. The third-order valence-electron chi connectivity index (χ3n) is 8.78. The Balaban J connectivity index is 1.29. The van der Waals surface area contributed by atoms with E-state index in [1.54, 1.807) is 33.3 Å². The van der Waals surface area contributed by atoms with E-state index in [1.807, 2.05) is 81.9 Å². The number of hydrogen-bond acceptors (Lipinski definition) is 9. The molecule has 0 atom stereocenters. The smallest absolute Gasteiger partial charge is 0.243 e. The van der Waals surface area contributed by atoms with Crippen LogP contribution in [0.3, 0.4) is 0 Å². The fourth-order valence-electron chi connectivity index (χ4n) is 6.56. The van der Waals surface area contributed by atoms with Crippen molar-refractivity contribution in [2.45, 2.75) is 0 Å². The highest BCUT2D eigenvalue weighted by Gasteiger charge is 2.34. The molecule has 0 amide bonds. The zero-order valence-corrected chi connectivity index (χ0v) is 26.2. The lowest BCUT2D eigenvalue weighted by atomic mass is 10.1. The molecule has 236 valence electrons. The number of aliphatic imine (C=N–C) groups is 4. The number of rotatable bonds is 4. The molecule has 4 aromatic carbocycles. The Kier molecular flexibility index (Phi) is 5.97. The van der Waals surface area contributed by atoms with Gasteiger partial charge in [-0.3, -0.25) is 9.13 Å². The van der Waals surface area contributed by atoms with Crippen molar-refractivity contribution >= 4 is 67.3 Å². The van der Waals surface area contributed by atoms with Crippen LogP contribution in [-0.4, -0.2) is 66.2 Å². The standard InChI is InChI=1S/C36H26FN7O4/c1-45-20-5-9-28-24(15-20)25-16-21(46-2)6-10-29(25)42(28)34-38-32-13-19(37)14-33-39-35(41-36(40-34)44(32)33)43-30-11-7-22(47-3)17-26(30)27-18-23(48-4)8-12-31(27)43/h5-18H,1-4H3. The summed E-state index contributed by atoms with van der Waals surface area (Å²) in [6.45, 7) is 0. The number of benzene rings is 4. The van der Waals surface area contributed by atoms with E-state index in [-0.39, 0.29) is 0 Å². The quantitative estimate of drug-likeness (QED) is 0.210. The number of nitrogens with zero attached hydrogens (tertiary/aromatic N) is 7. The van der Waals surface area contributed by atoms with Crippen molar-refractivity contribution in [3.05, 3.63) is 96.6 Å². The number of fused-ring (bicyclic) bond motifs is 6. The third-order valence-corrected chi connectivity index (χ3v) is 8.78. The molecule has 0 fully saturated rings. The molecule has 0 N–H and O–H groups in total. The molecule has 2 aromatic heterocycles. The van der Waals surface area contributed by atoms with Crippen molar-refractivity contribution < 1.29 is 23.3 Å². The molecule has 11 nitrogen and oxygen atoms in total. The van der Waals surface area contributed by atoms with Gasteiger partial charge in [-0.05, 0) is 72.8 Å². The van der Waals surface area contributed by atoms with Crippen LogP contribution < -0.4 is 18.9 Å². The van der Waals surface area contributed by atoms with E-state index in [0.29, 0.717) is 52.5 Å². The highest BCUT2D eigenvalue weighted by molar-refractivity contribution is 6.25. The summed E-state index contributed by atoms with van der Waals surface area (Å²) in [6, 6.07) is 23.2. The van der Waals surface area contributed by atoms with Crippen LogP contribution in [0.25, 0.3) is 43.6 Å². The summed E-state index contributed by atoms with van der Waals surface area (Å²) in [6.07, 6.45) is 2.71. The van der Waals surface area contributed by atoms with Crippen molar-refractivity contribution in [3.63, 3.8) is 0 Å². The molecule has 3 aliphatic heterocycles. The predicted molar refractivity (Wildman–Crippen MR) is 185 cm³/mol. The second-order valence-electron chi connectivity index (χ2n) is 11.3. The fraction of sp³-hybridized carbons (Fsp3) is 0.111. The molecule has 48 heavy (non-hydrogen) atoms. The number of halogens is 1. The molecule has 0 spiro atoms. The van der Waals surface area contributed by atoms with E-state index >= 15 is 4.39 Å². The Morgan fingerprint density at radius 3 is 1.29 bits per heavy atom. The van der Waals surface area contributed by atoms with E-state index in [2.05, 4.69) is 0 Å². The first-order valence-electron chi connectivity index (χ1n) is 15.0. The van der Waals surface area contributed by atoms with Gasteiger partial charge in [-0.15, -0.1) is 0 Å². The van der Waals surface area contributed by atoms with E-state index < -0.39 is 5.83 Å². The molecule has 6 aromatic rings.